The molecule has 0 bridgehead atoms. The highest BCUT2D eigenvalue weighted by Gasteiger charge is 2.18. The summed E-state index contributed by atoms with van der Waals surface area (Å²) in [4.78, 5) is 7.67. The lowest BCUT2D eigenvalue weighted by Gasteiger charge is -2.33. The smallest absolute Gasteiger partial charge is 0.175 e. The van der Waals surface area contributed by atoms with Crippen LogP contribution in [0.3, 0.4) is 0 Å². The molecule has 2 aromatic carbocycles. The number of aryl methyl sites for hydroxylation is 1. The van der Waals surface area contributed by atoms with Crippen molar-refractivity contribution >= 4 is 21.8 Å². The van der Waals surface area contributed by atoms with E-state index in [1.165, 1.54) is 6.20 Å². The molecule has 5 rings (SSSR count). The fourth-order valence-corrected chi connectivity index (χ4v) is 4.62. The highest BCUT2D eigenvalue weighted by molar-refractivity contribution is 5.88. The van der Waals surface area contributed by atoms with E-state index in [9.17, 15) is 0 Å². The van der Waals surface area contributed by atoms with Gasteiger partial charge in [0.25, 0.3) is 0 Å². The van der Waals surface area contributed by atoms with Crippen molar-refractivity contribution in [2.24, 2.45) is 0 Å². The first-order valence-corrected chi connectivity index (χ1v) is 12.3. The van der Waals surface area contributed by atoms with Crippen molar-refractivity contribution in [1.82, 2.24) is 25.0 Å². The second-order valence-corrected chi connectivity index (χ2v) is 9.10. The second kappa shape index (κ2) is 11.0. The van der Waals surface area contributed by atoms with Gasteiger partial charge in [-0.1, -0.05) is 0 Å². The maximum absolute atomic E-state index is 15.1. The van der Waals surface area contributed by atoms with Crippen molar-refractivity contribution in [3.05, 3.63) is 48.0 Å². The fraction of sp³-hybridized carbons (Fsp3) is 0.370. The Kier molecular flexibility index (Phi) is 7.35. The third kappa shape index (κ3) is 5.43. The van der Waals surface area contributed by atoms with Crippen molar-refractivity contribution in [3.8, 4) is 29.1 Å². The van der Waals surface area contributed by atoms with Gasteiger partial charge in [-0.05, 0) is 37.6 Å². The maximum Gasteiger partial charge on any atom is 0.175 e. The van der Waals surface area contributed by atoms with Crippen LogP contribution in [0, 0.1) is 24.1 Å². The quantitative estimate of drug-likeness (QED) is 0.267. The first-order valence-electron chi connectivity index (χ1n) is 12.3. The van der Waals surface area contributed by atoms with Gasteiger partial charge in [-0.2, -0.15) is 15.5 Å². The number of hydrogen-bond acceptors (Lipinski definition) is 8. The summed E-state index contributed by atoms with van der Waals surface area (Å²) in [7, 11) is 1.58. The number of fused-ring (bicyclic) bond motifs is 2. The monoisotopic (exact) mass is 504 g/mol. The molecular weight excluding hydrogens is 475 g/mol. The van der Waals surface area contributed by atoms with Gasteiger partial charge in [-0.25, -0.2) is 4.39 Å². The molecule has 0 saturated carbocycles. The lowest BCUT2D eigenvalue weighted by atomic mass is 10.2. The molecule has 0 spiro atoms. The van der Waals surface area contributed by atoms with E-state index < -0.39 is 5.82 Å². The minimum absolute atomic E-state index is 0.105. The van der Waals surface area contributed by atoms with Gasteiger partial charge in [0.15, 0.2) is 28.8 Å². The number of piperazine rings is 1. The number of nitrogens with zero attached hydrogens (tertiary/aromatic N) is 5. The SMILES string of the molecule is COc1cc2c(Oc3ccc4[nH]c(C)cc4c3F)cnnc2cc1OCCCN1CCN(CC#N)CC1. The largest absolute Gasteiger partial charge is 0.493 e. The summed E-state index contributed by atoms with van der Waals surface area (Å²) in [5, 5.41) is 18.2. The molecule has 9 nitrogen and oxygen atoms in total. The number of hydrogen-bond donors (Lipinski definition) is 1. The highest BCUT2D eigenvalue weighted by atomic mass is 19.1. The number of aromatic nitrogens is 3. The average Bonchev–Trinajstić information content (AvgIpc) is 3.30. The Morgan fingerprint density at radius 2 is 1.84 bits per heavy atom. The van der Waals surface area contributed by atoms with Crippen LogP contribution in [0.25, 0.3) is 21.8 Å². The van der Waals surface area contributed by atoms with E-state index in [2.05, 4.69) is 31.1 Å². The van der Waals surface area contributed by atoms with Gasteiger partial charge in [-0.15, -0.1) is 0 Å². The molecular formula is C27H29FN6O3. The van der Waals surface area contributed by atoms with Crippen LogP contribution in [-0.4, -0.2) is 78.0 Å². The molecule has 2 aromatic heterocycles. The van der Waals surface area contributed by atoms with E-state index in [4.69, 9.17) is 19.5 Å². The maximum atomic E-state index is 15.1. The predicted molar refractivity (Wildman–Crippen MR) is 138 cm³/mol. The number of rotatable bonds is 9. The third-order valence-electron chi connectivity index (χ3n) is 6.58. The molecule has 1 saturated heterocycles. The first-order chi connectivity index (χ1) is 18.1. The van der Waals surface area contributed by atoms with Crippen LogP contribution in [0.1, 0.15) is 12.1 Å². The minimum Gasteiger partial charge on any atom is -0.493 e. The van der Waals surface area contributed by atoms with Crippen LogP contribution in [0.4, 0.5) is 4.39 Å². The molecule has 192 valence electrons. The lowest BCUT2D eigenvalue weighted by molar-refractivity contribution is 0.136. The Morgan fingerprint density at radius 3 is 2.62 bits per heavy atom. The Hall–Kier alpha value is -3.94. The molecule has 3 heterocycles. The van der Waals surface area contributed by atoms with Crippen LogP contribution in [0.5, 0.6) is 23.0 Å². The van der Waals surface area contributed by atoms with Crippen LogP contribution in [0.2, 0.25) is 0 Å². The van der Waals surface area contributed by atoms with E-state index in [1.54, 1.807) is 37.4 Å². The summed E-state index contributed by atoms with van der Waals surface area (Å²) in [5.41, 5.74) is 2.14. The summed E-state index contributed by atoms with van der Waals surface area (Å²) >= 11 is 0. The molecule has 1 aliphatic rings. The summed E-state index contributed by atoms with van der Waals surface area (Å²) < 4.78 is 32.7. The van der Waals surface area contributed by atoms with Crippen molar-refractivity contribution < 1.29 is 18.6 Å². The Morgan fingerprint density at radius 1 is 1.03 bits per heavy atom. The molecule has 4 aromatic rings. The molecule has 0 atom stereocenters. The van der Waals surface area contributed by atoms with Gasteiger partial charge >= 0.3 is 0 Å². The molecule has 1 aliphatic heterocycles. The van der Waals surface area contributed by atoms with Gasteiger partial charge in [0.2, 0.25) is 0 Å². The first kappa shape index (κ1) is 24.7. The number of nitrogens with one attached hydrogen (secondary N) is 1. The number of aromatic amines is 1. The summed E-state index contributed by atoms with van der Waals surface area (Å²) in [6.45, 7) is 7.55. The van der Waals surface area contributed by atoms with Crippen molar-refractivity contribution in [2.75, 3.05) is 53.0 Å². The van der Waals surface area contributed by atoms with Crippen LogP contribution in [-0.2, 0) is 0 Å². The Bertz CT molecular complexity index is 1440. The number of methoxy groups -OCH3 is 1. The molecule has 1 N–H and O–H groups in total. The molecule has 0 radical (unpaired) electrons. The number of H-pyrrole nitrogens is 1. The van der Waals surface area contributed by atoms with Crippen molar-refractivity contribution in [2.45, 2.75) is 13.3 Å². The molecule has 0 amide bonds. The Balaban J connectivity index is 1.27. The summed E-state index contributed by atoms with van der Waals surface area (Å²) in [5.74, 6) is 1.14. The van der Waals surface area contributed by atoms with Crippen molar-refractivity contribution in [1.29, 1.82) is 5.26 Å². The zero-order valence-corrected chi connectivity index (χ0v) is 21.0. The van der Waals surface area contributed by atoms with Crippen LogP contribution in [0.15, 0.2) is 36.5 Å². The summed E-state index contributed by atoms with van der Waals surface area (Å²) in [6, 6.07) is 10.9. The lowest BCUT2D eigenvalue weighted by Crippen LogP contribution is -2.46. The molecule has 0 unspecified atom stereocenters. The fourth-order valence-electron chi connectivity index (χ4n) is 4.62. The van der Waals surface area contributed by atoms with Crippen molar-refractivity contribution in [3.63, 3.8) is 0 Å². The van der Waals surface area contributed by atoms with E-state index in [0.717, 1.165) is 44.8 Å². The van der Waals surface area contributed by atoms with Gasteiger partial charge < -0.3 is 24.1 Å². The van der Waals surface area contributed by atoms with E-state index in [-0.39, 0.29) is 5.75 Å². The zero-order valence-electron chi connectivity index (χ0n) is 21.0. The molecule has 1 fully saturated rings. The molecule has 10 heteroatoms. The van der Waals surface area contributed by atoms with Crippen LogP contribution >= 0.6 is 0 Å². The molecule has 37 heavy (non-hydrogen) atoms. The van der Waals surface area contributed by atoms with E-state index in [0.29, 0.717) is 52.2 Å². The normalized spacial score (nSPS) is 14.6. The van der Waals surface area contributed by atoms with E-state index in [1.807, 2.05) is 6.92 Å². The average molecular weight is 505 g/mol. The number of benzene rings is 2. The molecule has 0 aliphatic carbocycles. The number of halogens is 1. The van der Waals surface area contributed by atoms with Gasteiger partial charge in [-0.3, -0.25) is 4.90 Å². The highest BCUT2D eigenvalue weighted by Crippen LogP contribution is 2.38. The van der Waals surface area contributed by atoms with Gasteiger partial charge in [0.1, 0.15) is 5.52 Å². The van der Waals surface area contributed by atoms with Gasteiger partial charge in [0, 0.05) is 55.4 Å². The third-order valence-corrected chi connectivity index (χ3v) is 6.58. The standard InChI is InChI=1S/C27H29FN6O3/c1-18-14-20-21(31-18)4-5-23(27(20)28)37-26-17-30-32-22-16-25(24(35-2)15-19(22)26)36-13-3-7-33-9-11-34(8-6-29)12-10-33/h4-5,14-17,31H,3,7-13H2,1-2H3. The van der Waals surface area contributed by atoms with Crippen LogP contribution < -0.4 is 14.2 Å². The second-order valence-electron chi connectivity index (χ2n) is 9.10. The number of nitriles is 1. The number of ether oxygens (including phenoxy) is 3. The zero-order chi connectivity index (χ0) is 25.8. The predicted octanol–water partition coefficient (Wildman–Crippen LogP) is 4.27. The minimum atomic E-state index is -0.440. The van der Waals surface area contributed by atoms with Gasteiger partial charge in [0.05, 0.1) is 37.9 Å². The topological polar surface area (TPSA) is 99.5 Å². The Labute approximate surface area is 214 Å². The summed E-state index contributed by atoms with van der Waals surface area (Å²) in [6.07, 6.45) is 2.32. The van der Waals surface area contributed by atoms with E-state index >= 15 is 4.39 Å².